The summed E-state index contributed by atoms with van der Waals surface area (Å²) in [6.07, 6.45) is 6.85. The first kappa shape index (κ1) is 17.3. The summed E-state index contributed by atoms with van der Waals surface area (Å²) in [7, 11) is 1.57. The summed E-state index contributed by atoms with van der Waals surface area (Å²) in [5, 5.41) is 8.33. The maximum absolute atomic E-state index is 15.0. The lowest BCUT2D eigenvalue weighted by Crippen LogP contribution is -1.99. The van der Waals surface area contributed by atoms with Crippen molar-refractivity contribution in [2.45, 2.75) is 13.5 Å². The third kappa shape index (κ3) is 2.64. The molecule has 0 spiro atoms. The first-order valence-corrected chi connectivity index (χ1v) is 9.18. The molecule has 5 rings (SSSR count). The predicted octanol–water partition coefficient (Wildman–Crippen LogP) is 3.98. The van der Waals surface area contributed by atoms with Crippen molar-refractivity contribution in [3.8, 4) is 28.1 Å². The van der Waals surface area contributed by atoms with Crippen LogP contribution in [0.1, 0.15) is 6.92 Å². The van der Waals surface area contributed by atoms with E-state index in [0.717, 1.165) is 23.2 Å². The molecular formula is C21H17FN6O. The summed E-state index contributed by atoms with van der Waals surface area (Å²) < 4.78 is 24.2. The molecule has 0 atom stereocenters. The van der Waals surface area contributed by atoms with E-state index in [4.69, 9.17) is 4.74 Å². The van der Waals surface area contributed by atoms with Gasteiger partial charge in [0.2, 0.25) is 0 Å². The normalized spacial score (nSPS) is 11.4. The van der Waals surface area contributed by atoms with Gasteiger partial charge in [-0.05, 0) is 36.8 Å². The molecule has 0 aliphatic heterocycles. The molecular weight excluding hydrogens is 371 g/mol. The monoisotopic (exact) mass is 388 g/mol. The molecule has 4 aromatic heterocycles. The SMILES string of the molecule is CCn1cnc2c(-c3ccc(F)c(-c4c(OC)ccc5nccn45)c3)cnnc21. The Bertz CT molecular complexity index is 1360. The minimum atomic E-state index is -0.356. The smallest absolute Gasteiger partial charge is 0.183 e. The molecule has 4 heterocycles. The molecule has 0 unspecified atom stereocenters. The van der Waals surface area contributed by atoms with E-state index in [-0.39, 0.29) is 5.82 Å². The van der Waals surface area contributed by atoms with Crippen LogP contribution in [0.2, 0.25) is 0 Å². The van der Waals surface area contributed by atoms with Gasteiger partial charge in [-0.25, -0.2) is 14.4 Å². The number of halogens is 1. The molecule has 5 aromatic rings. The third-order valence-electron chi connectivity index (χ3n) is 5.03. The molecule has 8 heteroatoms. The molecule has 7 nitrogen and oxygen atoms in total. The Labute approximate surface area is 165 Å². The average Bonchev–Trinajstić information content (AvgIpc) is 3.40. The summed E-state index contributed by atoms with van der Waals surface area (Å²) in [5.74, 6) is 0.199. The highest BCUT2D eigenvalue weighted by atomic mass is 19.1. The Morgan fingerprint density at radius 2 is 2.00 bits per heavy atom. The van der Waals surface area contributed by atoms with Crippen molar-refractivity contribution in [2.24, 2.45) is 0 Å². The van der Waals surface area contributed by atoms with Gasteiger partial charge in [0.05, 0.1) is 25.3 Å². The fraction of sp³-hybridized carbons (Fsp3) is 0.143. The number of pyridine rings is 1. The summed E-state index contributed by atoms with van der Waals surface area (Å²) >= 11 is 0. The van der Waals surface area contributed by atoms with Gasteiger partial charge in [0.25, 0.3) is 0 Å². The molecule has 0 radical (unpaired) electrons. The molecule has 0 aliphatic carbocycles. The highest BCUT2D eigenvalue weighted by Crippen LogP contribution is 2.36. The topological polar surface area (TPSA) is 70.1 Å². The number of hydrogen-bond acceptors (Lipinski definition) is 5. The zero-order valence-corrected chi connectivity index (χ0v) is 15.9. The molecule has 0 saturated carbocycles. The molecule has 0 aliphatic rings. The van der Waals surface area contributed by atoms with E-state index in [1.54, 1.807) is 50.2 Å². The zero-order chi connectivity index (χ0) is 20.0. The van der Waals surface area contributed by atoms with Crippen molar-refractivity contribution in [3.63, 3.8) is 0 Å². The number of rotatable bonds is 4. The van der Waals surface area contributed by atoms with E-state index in [9.17, 15) is 4.39 Å². The van der Waals surface area contributed by atoms with Crippen LogP contribution in [0.15, 0.2) is 55.2 Å². The molecule has 0 bridgehead atoms. The third-order valence-corrected chi connectivity index (χ3v) is 5.03. The molecule has 0 fully saturated rings. The molecule has 0 amide bonds. The highest BCUT2D eigenvalue weighted by molar-refractivity contribution is 5.90. The number of benzene rings is 1. The van der Waals surface area contributed by atoms with Crippen LogP contribution in [0, 0.1) is 5.82 Å². The molecule has 0 saturated heterocycles. The number of aromatic nitrogens is 6. The van der Waals surface area contributed by atoms with Crippen LogP contribution in [0.5, 0.6) is 5.75 Å². The average molecular weight is 388 g/mol. The van der Waals surface area contributed by atoms with E-state index >= 15 is 0 Å². The lowest BCUT2D eigenvalue weighted by molar-refractivity contribution is 0.414. The van der Waals surface area contributed by atoms with Crippen LogP contribution >= 0.6 is 0 Å². The second-order valence-corrected chi connectivity index (χ2v) is 6.56. The maximum atomic E-state index is 15.0. The Morgan fingerprint density at radius 1 is 1.10 bits per heavy atom. The lowest BCUT2D eigenvalue weighted by atomic mass is 10.0. The van der Waals surface area contributed by atoms with Crippen molar-refractivity contribution in [2.75, 3.05) is 7.11 Å². The van der Waals surface area contributed by atoms with Crippen molar-refractivity contribution in [3.05, 3.63) is 61.1 Å². The van der Waals surface area contributed by atoms with Gasteiger partial charge in [0, 0.05) is 30.1 Å². The van der Waals surface area contributed by atoms with Crippen molar-refractivity contribution < 1.29 is 9.13 Å². The number of aryl methyl sites for hydroxylation is 1. The second-order valence-electron chi connectivity index (χ2n) is 6.56. The van der Waals surface area contributed by atoms with Gasteiger partial charge < -0.3 is 9.30 Å². The van der Waals surface area contributed by atoms with E-state index in [0.29, 0.717) is 28.3 Å². The lowest BCUT2D eigenvalue weighted by Gasteiger charge is -2.13. The van der Waals surface area contributed by atoms with E-state index in [2.05, 4.69) is 20.2 Å². The fourth-order valence-corrected chi connectivity index (χ4v) is 3.59. The van der Waals surface area contributed by atoms with Crippen molar-refractivity contribution in [1.29, 1.82) is 0 Å². The van der Waals surface area contributed by atoms with E-state index < -0.39 is 0 Å². The van der Waals surface area contributed by atoms with Gasteiger partial charge in [0.1, 0.15) is 22.7 Å². The van der Waals surface area contributed by atoms with Gasteiger partial charge in [-0.1, -0.05) is 6.07 Å². The Kier molecular flexibility index (Phi) is 3.97. The Hall–Kier alpha value is -3.81. The summed E-state index contributed by atoms with van der Waals surface area (Å²) in [6, 6.07) is 8.58. The number of ether oxygens (including phenoxy) is 1. The quantitative estimate of drug-likeness (QED) is 0.466. The minimum absolute atomic E-state index is 0.356. The Morgan fingerprint density at radius 3 is 2.83 bits per heavy atom. The first-order valence-electron chi connectivity index (χ1n) is 9.18. The van der Waals surface area contributed by atoms with E-state index in [1.807, 2.05) is 22.0 Å². The maximum Gasteiger partial charge on any atom is 0.183 e. The Balaban J connectivity index is 1.77. The highest BCUT2D eigenvalue weighted by Gasteiger charge is 2.18. The largest absolute Gasteiger partial charge is 0.495 e. The van der Waals surface area contributed by atoms with Crippen LogP contribution in [0.4, 0.5) is 4.39 Å². The number of fused-ring (bicyclic) bond motifs is 2. The number of nitrogens with zero attached hydrogens (tertiary/aromatic N) is 6. The van der Waals surface area contributed by atoms with Crippen LogP contribution in [0.25, 0.3) is 39.2 Å². The summed E-state index contributed by atoms with van der Waals surface area (Å²) in [4.78, 5) is 8.79. The van der Waals surface area contributed by atoms with Crippen LogP contribution in [-0.2, 0) is 6.54 Å². The van der Waals surface area contributed by atoms with Crippen molar-refractivity contribution in [1.82, 2.24) is 29.1 Å². The molecule has 29 heavy (non-hydrogen) atoms. The number of hydrogen-bond donors (Lipinski definition) is 0. The molecule has 144 valence electrons. The summed E-state index contributed by atoms with van der Waals surface area (Å²) in [6.45, 7) is 2.76. The van der Waals surface area contributed by atoms with Gasteiger partial charge in [-0.15, -0.1) is 5.10 Å². The molecule has 0 N–H and O–H groups in total. The number of imidazole rings is 2. The second kappa shape index (κ2) is 6.66. The van der Waals surface area contributed by atoms with Crippen LogP contribution in [0.3, 0.4) is 0 Å². The van der Waals surface area contributed by atoms with Gasteiger partial charge in [-0.3, -0.25) is 4.40 Å². The van der Waals surface area contributed by atoms with Gasteiger partial charge >= 0.3 is 0 Å². The zero-order valence-electron chi connectivity index (χ0n) is 15.9. The van der Waals surface area contributed by atoms with Crippen molar-refractivity contribution >= 4 is 16.8 Å². The minimum Gasteiger partial charge on any atom is -0.495 e. The van der Waals surface area contributed by atoms with Crippen LogP contribution < -0.4 is 4.74 Å². The fourth-order valence-electron chi connectivity index (χ4n) is 3.59. The summed E-state index contributed by atoms with van der Waals surface area (Å²) in [5.41, 5.74) is 4.72. The predicted molar refractivity (Wildman–Crippen MR) is 107 cm³/mol. The molecule has 1 aromatic carbocycles. The van der Waals surface area contributed by atoms with Crippen LogP contribution in [-0.4, -0.2) is 36.2 Å². The van der Waals surface area contributed by atoms with Gasteiger partial charge in [-0.2, -0.15) is 5.10 Å². The first-order chi connectivity index (χ1) is 14.2. The standard InChI is InChI=1S/C21H17FN6O/c1-3-27-12-24-19-15(11-25-26-21(19)27)13-4-5-16(22)14(10-13)20-17(29-2)6-7-18-23-8-9-28(18)20/h4-12H,3H2,1-2H3. The number of methoxy groups -OCH3 is 1. The van der Waals surface area contributed by atoms with Gasteiger partial charge in [0.15, 0.2) is 5.65 Å². The van der Waals surface area contributed by atoms with E-state index in [1.165, 1.54) is 6.07 Å².